The van der Waals surface area contributed by atoms with Gasteiger partial charge in [0.25, 0.3) is 0 Å². The summed E-state index contributed by atoms with van der Waals surface area (Å²) in [5.74, 6) is 1.71. The van der Waals surface area contributed by atoms with Gasteiger partial charge in [0.1, 0.15) is 4.60 Å². The van der Waals surface area contributed by atoms with Crippen LogP contribution in [-0.4, -0.2) is 23.2 Å². The lowest BCUT2D eigenvalue weighted by atomic mass is 10.1. The van der Waals surface area contributed by atoms with Crippen molar-refractivity contribution in [2.24, 2.45) is 0 Å². The molecule has 1 aromatic carbocycles. The average Bonchev–Trinajstić information content (AvgIpc) is 2.70. The van der Waals surface area contributed by atoms with E-state index in [4.69, 9.17) is 9.47 Å². The van der Waals surface area contributed by atoms with E-state index in [1.165, 1.54) is 5.56 Å². The van der Waals surface area contributed by atoms with Crippen LogP contribution in [0.25, 0.3) is 0 Å². The number of hydrogen-bond acceptors (Lipinski definition) is 3. The molecule has 4 nitrogen and oxygen atoms in total. The lowest BCUT2D eigenvalue weighted by molar-refractivity contribution is 0.297. The summed E-state index contributed by atoms with van der Waals surface area (Å²) >= 11 is 3.42. The van der Waals surface area contributed by atoms with E-state index in [2.05, 4.69) is 38.0 Å². The highest BCUT2D eigenvalue weighted by atomic mass is 79.9. The SMILES string of the molecule is Brc1nc[nH]c1CCc1ccc2c(c1)OCCCO2. The van der Waals surface area contributed by atoms with Crippen LogP contribution in [0, 0.1) is 0 Å². The molecule has 5 heteroatoms. The number of hydrogen-bond donors (Lipinski definition) is 1. The van der Waals surface area contributed by atoms with E-state index in [-0.39, 0.29) is 0 Å². The van der Waals surface area contributed by atoms with E-state index in [0.717, 1.165) is 54.3 Å². The molecule has 0 atom stereocenters. The number of aryl methyl sites for hydroxylation is 2. The number of ether oxygens (including phenoxy) is 2. The van der Waals surface area contributed by atoms with Crippen LogP contribution in [0.5, 0.6) is 11.5 Å². The summed E-state index contributed by atoms with van der Waals surface area (Å²) in [5.41, 5.74) is 2.36. The molecule has 0 aliphatic carbocycles. The number of nitrogens with zero attached hydrogens (tertiary/aromatic N) is 1. The van der Waals surface area contributed by atoms with Crippen LogP contribution < -0.4 is 9.47 Å². The van der Waals surface area contributed by atoms with Crippen molar-refractivity contribution in [2.75, 3.05) is 13.2 Å². The van der Waals surface area contributed by atoms with Gasteiger partial charge in [0.05, 0.1) is 19.5 Å². The zero-order valence-corrected chi connectivity index (χ0v) is 12.1. The predicted octanol–water partition coefficient (Wildman–Crippen LogP) is 3.12. The van der Waals surface area contributed by atoms with Gasteiger partial charge in [-0.3, -0.25) is 0 Å². The monoisotopic (exact) mass is 322 g/mol. The molecule has 0 radical (unpaired) electrons. The van der Waals surface area contributed by atoms with Crippen molar-refractivity contribution in [1.29, 1.82) is 0 Å². The lowest BCUT2D eigenvalue weighted by Crippen LogP contribution is -1.97. The molecule has 0 unspecified atom stereocenters. The van der Waals surface area contributed by atoms with E-state index in [1.807, 2.05) is 6.07 Å². The predicted molar refractivity (Wildman–Crippen MR) is 75.7 cm³/mol. The van der Waals surface area contributed by atoms with E-state index in [9.17, 15) is 0 Å². The first-order valence-electron chi connectivity index (χ1n) is 6.39. The summed E-state index contributed by atoms with van der Waals surface area (Å²) in [6, 6.07) is 6.17. The van der Waals surface area contributed by atoms with Gasteiger partial charge in [-0.1, -0.05) is 6.07 Å². The third-order valence-electron chi connectivity index (χ3n) is 3.14. The molecule has 0 saturated carbocycles. The van der Waals surface area contributed by atoms with Crippen molar-refractivity contribution < 1.29 is 9.47 Å². The zero-order chi connectivity index (χ0) is 13.1. The molecule has 100 valence electrons. The Morgan fingerprint density at radius 3 is 2.79 bits per heavy atom. The minimum Gasteiger partial charge on any atom is -0.490 e. The first-order valence-corrected chi connectivity index (χ1v) is 7.18. The molecule has 2 heterocycles. The Morgan fingerprint density at radius 2 is 2.00 bits per heavy atom. The Balaban J connectivity index is 1.72. The highest BCUT2D eigenvalue weighted by molar-refractivity contribution is 9.10. The maximum absolute atomic E-state index is 5.70. The van der Waals surface area contributed by atoms with Crippen LogP contribution in [0.15, 0.2) is 29.1 Å². The third-order valence-corrected chi connectivity index (χ3v) is 3.82. The Hall–Kier alpha value is -1.49. The van der Waals surface area contributed by atoms with Crippen LogP contribution in [0.2, 0.25) is 0 Å². The van der Waals surface area contributed by atoms with Crippen molar-refractivity contribution in [3.8, 4) is 11.5 Å². The third kappa shape index (κ3) is 2.92. The second-order valence-corrected chi connectivity index (χ2v) is 5.25. The molecule has 2 aromatic rings. The minimum atomic E-state index is 0.725. The van der Waals surface area contributed by atoms with Crippen LogP contribution in [-0.2, 0) is 12.8 Å². The second-order valence-electron chi connectivity index (χ2n) is 4.50. The van der Waals surface area contributed by atoms with E-state index >= 15 is 0 Å². The molecule has 1 aliphatic heterocycles. The van der Waals surface area contributed by atoms with Crippen molar-refractivity contribution >= 4 is 15.9 Å². The standard InChI is InChI=1S/C14H15BrN2O2/c15-14-11(16-9-17-14)4-2-10-3-5-12-13(8-10)19-7-1-6-18-12/h3,5,8-9H,1-2,4,6-7H2,(H,16,17). The van der Waals surface area contributed by atoms with Crippen LogP contribution in [0.4, 0.5) is 0 Å². The van der Waals surface area contributed by atoms with E-state index in [0.29, 0.717) is 0 Å². The Morgan fingerprint density at radius 1 is 1.16 bits per heavy atom. The summed E-state index contributed by atoms with van der Waals surface area (Å²) in [7, 11) is 0. The van der Waals surface area contributed by atoms with Crippen LogP contribution in [0.3, 0.4) is 0 Å². The summed E-state index contributed by atoms with van der Waals surface area (Å²) in [6.07, 6.45) is 4.50. The summed E-state index contributed by atoms with van der Waals surface area (Å²) in [4.78, 5) is 7.26. The van der Waals surface area contributed by atoms with Crippen molar-refractivity contribution in [3.05, 3.63) is 40.4 Å². The molecule has 3 rings (SSSR count). The van der Waals surface area contributed by atoms with Crippen LogP contribution in [0.1, 0.15) is 17.7 Å². The van der Waals surface area contributed by atoms with Gasteiger partial charge >= 0.3 is 0 Å². The van der Waals surface area contributed by atoms with Gasteiger partial charge in [0.15, 0.2) is 11.5 Å². The smallest absolute Gasteiger partial charge is 0.161 e. The molecule has 19 heavy (non-hydrogen) atoms. The van der Waals surface area contributed by atoms with Gasteiger partial charge < -0.3 is 14.5 Å². The Bertz CT molecular complexity index is 568. The van der Waals surface area contributed by atoms with Crippen molar-refractivity contribution in [1.82, 2.24) is 9.97 Å². The molecule has 0 bridgehead atoms. The molecule has 0 amide bonds. The van der Waals surface area contributed by atoms with Gasteiger partial charge in [-0.05, 0) is 46.5 Å². The Kier molecular flexibility index (Phi) is 3.73. The lowest BCUT2D eigenvalue weighted by Gasteiger charge is -2.09. The van der Waals surface area contributed by atoms with Gasteiger partial charge in [0.2, 0.25) is 0 Å². The number of nitrogens with one attached hydrogen (secondary N) is 1. The summed E-state index contributed by atoms with van der Waals surface area (Å²) in [6.45, 7) is 1.45. The second kappa shape index (κ2) is 5.65. The highest BCUT2D eigenvalue weighted by Crippen LogP contribution is 2.30. The van der Waals surface area contributed by atoms with E-state index < -0.39 is 0 Å². The summed E-state index contributed by atoms with van der Waals surface area (Å²) in [5, 5.41) is 0. The maximum atomic E-state index is 5.70. The number of aromatic nitrogens is 2. The quantitative estimate of drug-likeness (QED) is 0.944. The van der Waals surface area contributed by atoms with Crippen molar-refractivity contribution in [2.45, 2.75) is 19.3 Å². The normalized spacial score (nSPS) is 14.2. The average molecular weight is 323 g/mol. The van der Waals surface area contributed by atoms with Gasteiger partial charge in [-0.15, -0.1) is 0 Å². The minimum absolute atomic E-state index is 0.725. The number of benzene rings is 1. The number of aromatic amines is 1. The number of imidazole rings is 1. The van der Waals surface area contributed by atoms with Gasteiger partial charge in [-0.2, -0.15) is 0 Å². The highest BCUT2D eigenvalue weighted by Gasteiger charge is 2.11. The van der Waals surface area contributed by atoms with E-state index in [1.54, 1.807) is 6.33 Å². The number of halogens is 1. The Labute approximate surface area is 120 Å². The maximum Gasteiger partial charge on any atom is 0.161 e. The molecular weight excluding hydrogens is 308 g/mol. The van der Waals surface area contributed by atoms with Crippen LogP contribution >= 0.6 is 15.9 Å². The fraction of sp³-hybridized carbons (Fsp3) is 0.357. The van der Waals surface area contributed by atoms with Gasteiger partial charge in [-0.25, -0.2) is 4.98 Å². The number of fused-ring (bicyclic) bond motifs is 1. The topological polar surface area (TPSA) is 47.1 Å². The largest absolute Gasteiger partial charge is 0.490 e. The zero-order valence-electron chi connectivity index (χ0n) is 10.5. The summed E-state index contributed by atoms with van der Waals surface area (Å²) < 4.78 is 12.2. The molecule has 0 fully saturated rings. The number of H-pyrrole nitrogens is 1. The molecule has 1 aromatic heterocycles. The molecule has 1 N–H and O–H groups in total. The molecule has 0 saturated heterocycles. The first-order chi connectivity index (χ1) is 9.33. The number of rotatable bonds is 3. The van der Waals surface area contributed by atoms with Gasteiger partial charge in [0, 0.05) is 12.1 Å². The fourth-order valence-electron chi connectivity index (χ4n) is 2.11. The molecule has 1 aliphatic rings. The molecule has 0 spiro atoms. The fourth-order valence-corrected chi connectivity index (χ4v) is 2.53. The molecular formula is C14H15BrN2O2. The first kappa shape index (κ1) is 12.5. The van der Waals surface area contributed by atoms with Crippen molar-refractivity contribution in [3.63, 3.8) is 0 Å².